The third-order valence-corrected chi connectivity index (χ3v) is 5.49. The summed E-state index contributed by atoms with van der Waals surface area (Å²) in [5.74, 6) is 0.731. The SMILES string of the molecule is CCCCCc1[nH]c2cccc3c2c1C[C@H]1NCCC[C@H]31. The lowest BCUT2D eigenvalue weighted by molar-refractivity contribution is 0.345. The third kappa shape index (κ3) is 2.20. The fraction of sp³-hybridized carbons (Fsp3) is 0.579. The zero-order valence-corrected chi connectivity index (χ0v) is 13.0. The van der Waals surface area contributed by atoms with Crippen LogP contribution in [-0.2, 0) is 12.8 Å². The molecule has 0 saturated carbocycles. The monoisotopic (exact) mass is 282 g/mol. The van der Waals surface area contributed by atoms with Crippen molar-refractivity contribution in [3.63, 3.8) is 0 Å². The summed E-state index contributed by atoms with van der Waals surface area (Å²) in [6.45, 7) is 3.48. The van der Waals surface area contributed by atoms with Crippen molar-refractivity contribution in [1.29, 1.82) is 0 Å². The fourth-order valence-electron chi connectivity index (χ4n) is 4.46. The summed E-state index contributed by atoms with van der Waals surface area (Å²) in [5, 5.41) is 5.34. The number of aromatic amines is 1. The van der Waals surface area contributed by atoms with Crippen molar-refractivity contribution < 1.29 is 0 Å². The normalized spacial score (nSPS) is 24.2. The Morgan fingerprint density at radius 3 is 3.10 bits per heavy atom. The van der Waals surface area contributed by atoms with Gasteiger partial charge in [-0.3, -0.25) is 0 Å². The molecule has 2 atom stereocenters. The van der Waals surface area contributed by atoms with E-state index >= 15 is 0 Å². The number of hydrogen-bond acceptors (Lipinski definition) is 1. The molecule has 1 aromatic carbocycles. The van der Waals surface area contributed by atoms with Gasteiger partial charge in [-0.25, -0.2) is 0 Å². The lowest BCUT2D eigenvalue weighted by Crippen LogP contribution is -2.43. The predicted molar refractivity (Wildman–Crippen MR) is 89.0 cm³/mol. The highest BCUT2D eigenvalue weighted by Crippen LogP contribution is 2.42. The van der Waals surface area contributed by atoms with Crippen LogP contribution in [0.15, 0.2) is 18.2 Å². The van der Waals surface area contributed by atoms with Gasteiger partial charge in [-0.2, -0.15) is 0 Å². The molecule has 1 saturated heterocycles. The summed E-state index contributed by atoms with van der Waals surface area (Å²) in [7, 11) is 0. The molecule has 21 heavy (non-hydrogen) atoms. The van der Waals surface area contributed by atoms with E-state index in [0.29, 0.717) is 6.04 Å². The van der Waals surface area contributed by atoms with Crippen LogP contribution in [0.3, 0.4) is 0 Å². The molecular formula is C19H26N2. The molecule has 1 aromatic heterocycles. The number of piperidine rings is 1. The zero-order chi connectivity index (χ0) is 14.2. The molecule has 0 spiro atoms. The van der Waals surface area contributed by atoms with E-state index in [0.717, 1.165) is 5.92 Å². The van der Waals surface area contributed by atoms with Crippen molar-refractivity contribution in [3.05, 3.63) is 35.0 Å². The maximum Gasteiger partial charge on any atom is 0.0461 e. The van der Waals surface area contributed by atoms with Crippen LogP contribution in [0.5, 0.6) is 0 Å². The number of hydrogen-bond donors (Lipinski definition) is 2. The van der Waals surface area contributed by atoms with Crippen LogP contribution in [0.1, 0.15) is 61.8 Å². The molecule has 1 aliphatic heterocycles. The summed E-state index contributed by atoms with van der Waals surface area (Å²) in [4.78, 5) is 3.74. The van der Waals surface area contributed by atoms with Gasteiger partial charge in [0.05, 0.1) is 0 Å². The maximum absolute atomic E-state index is 3.78. The van der Waals surface area contributed by atoms with Gasteiger partial charge in [0, 0.05) is 28.6 Å². The van der Waals surface area contributed by atoms with Gasteiger partial charge in [-0.15, -0.1) is 0 Å². The van der Waals surface area contributed by atoms with E-state index in [9.17, 15) is 0 Å². The molecule has 1 fully saturated rings. The summed E-state index contributed by atoms with van der Waals surface area (Å²) < 4.78 is 0. The highest BCUT2D eigenvalue weighted by atomic mass is 14.9. The number of aryl methyl sites for hydroxylation is 1. The molecule has 112 valence electrons. The Hall–Kier alpha value is -1.28. The Morgan fingerprint density at radius 1 is 1.24 bits per heavy atom. The highest BCUT2D eigenvalue weighted by molar-refractivity contribution is 5.89. The molecule has 2 heteroatoms. The minimum atomic E-state index is 0.664. The highest BCUT2D eigenvalue weighted by Gasteiger charge is 2.34. The van der Waals surface area contributed by atoms with E-state index in [1.54, 1.807) is 16.5 Å². The topological polar surface area (TPSA) is 27.8 Å². The Bertz CT molecular complexity index is 640. The quantitative estimate of drug-likeness (QED) is 0.804. The number of aromatic nitrogens is 1. The predicted octanol–water partition coefficient (Wildman–Crippen LogP) is 4.29. The van der Waals surface area contributed by atoms with Crippen molar-refractivity contribution in [1.82, 2.24) is 10.3 Å². The Balaban J connectivity index is 1.77. The molecule has 0 bridgehead atoms. The molecule has 2 heterocycles. The summed E-state index contributed by atoms with van der Waals surface area (Å²) in [5.41, 5.74) is 6.10. The van der Waals surface area contributed by atoms with E-state index in [1.165, 1.54) is 62.7 Å². The van der Waals surface area contributed by atoms with E-state index in [1.807, 2.05) is 0 Å². The van der Waals surface area contributed by atoms with Crippen molar-refractivity contribution in [3.8, 4) is 0 Å². The second-order valence-corrected chi connectivity index (χ2v) is 6.82. The molecule has 1 aliphatic carbocycles. The van der Waals surface area contributed by atoms with E-state index in [4.69, 9.17) is 0 Å². The third-order valence-electron chi connectivity index (χ3n) is 5.49. The summed E-state index contributed by atoms with van der Waals surface area (Å²) in [6, 6.07) is 7.55. The number of benzene rings is 1. The van der Waals surface area contributed by atoms with Gasteiger partial charge < -0.3 is 10.3 Å². The van der Waals surface area contributed by atoms with Gasteiger partial charge in [0.25, 0.3) is 0 Å². The zero-order valence-electron chi connectivity index (χ0n) is 13.0. The standard InChI is InChI=1S/C19H26N2/c1-2-3-4-9-16-15-12-18-13(8-6-11-20-18)14-7-5-10-17(21-16)19(14)15/h5,7,10,13,18,20-21H,2-4,6,8-9,11-12H2,1H3/t13-,18-/m1/s1. The molecule has 2 aliphatic rings. The lowest BCUT2D eigenvalue weighted by atomic mass is 9.75. The van der Waals surface area contributed by atoms with Crippen molar-refractivity contribution >= 4 is 10.9 Å². The van der Waals surface area contributed by atoms with E-state index < -0.39 is 0 Å². The summed E-state index contributed by atoms with van der Waals surface area (Å²) >= 11 is 0. The molecule has 0 amide bonds. The number of fused-ring (bicyclic) bond motifs is 2. The number of unbranched alkanes of at least 4 members (excludes halogenated alkanes) is 2. The molecule has 0 radical (unpaired) electrons. The van der Waals surface area contributed by atoms with E-state index in [2.05, 4.69) is 35.4 Å². The van der Waals surface area contributed by atoms with Gasteiger partial charge >= 0.3 is 0 Å². The van der Waals surface area contributed by atoms with Gasteiger partial charge in [0.15, 0.2) is 0 Å². The van der Waals surface area contributed by atoms with Crippen LogP contribution in [0.25, 0.3) is 10.9 Å². The lowest BCUT2D eigenvalue weighted by Gasteiger charge is -2.37. The fourth-order valence-corrected chi connectivity index (χ4v) is 4.46. The van der Waals surface area contributed by atoms with Crippen molar-refractivity contribution in [2.45, 2.75) is 63.8 Å². The Kier molecular flexibility index (Phi) is 3.50. The molecular weight excluding hydrogens is 256 g/mol. The average molecular weight is 282 g/mol. The van der Waals surface area contributed by atoms with Crippen LogP contribution in [0, 0.1) is 0 Å². The molecule has 2 nitrogen and oxygen atoms in total. The second kappa shape index (κ2) is 5.49. The van der Waals surface area contributed by atoms with Crippen molar-refractivity contribution in [2.75, 3.05) is 6.54 Å². The molecule has 4 rings (SSSR count). The van der Waals surface area contributed by atoms with Crippen LogP contribution >= 0.6 is 0 Å². The van der Waals surface area contributed by atoms with Gasteiger partial charge in [-0.05, 0) is 55.8 Å². The number of H-pyrrole nitrogens is 1. The van der Waals surface area contributed by atoms with Crippen molar-refractivity contribution in [2.24, 2.45) is 0 Å². The number of rotatable bonds is 4. The first-order valence-electron chi connectivity index (χ1n) is 8.74. The van der Waals surface area contributed by atoms with Crippen LogP contribution < -0.4 is 5.32 Å². The average Bonchev–Trinajstić information content (AvgIpc) is 2.87. The smallest absolute Gasteiger partial charge is 0.0461 e. The van der Waals surface area contributed by atoms with E-state index in [-0.39, 0.29) is 0 Å². The summed E-state index contributed by atoms with van der Waals surface area (Å²) in [6.07, 6.45) is 9.07. The Labute approximate surface area is 127 Å². The first kappa shape index (κ1) is 13.4. The van der Waals surface area contributed by atoms with Gasteiger partial charge in [-0.1, -0.05) is 31.9 Å². The van der Waals surface area contributed by atoms with Crippen LogP contribution in [-0.4, -0.2) is 17.6 Å². The second-order valence-electron chi connectivity index (χ2n) is 6.82. The van der Waals surface area contributed by atoms with Crippen LogP contribution in [0.4, 0.5) is 0 Å². The van der Waals surface area contributed by atoms with Gasteiger partial charge in [0.1, 0.15) is 0 Å². The molecule has 2 N–H and O–H groups in total. The minimum Gasteiger partial charge on any atom is -0.358 e. The largest absolute Gasteiger partial charge is 0.358 e. The minimum absolute atomic E-state index is 0.664. The molecule has 2 aromatic rings. The Morgan fingerprint density at radius 2 is 2.19 bits per heavy atom. The first-order chi connectivity index (χ1) is 10.4. The van der Waals surface area contributed by atoms with Gasteiger partial charge in [0.2, 0.25) is 0 Å². The van der Waals surface area contributed by atoms with Crippen LogP contribution in [0.2, 0.25) is 0 Å². The number of nitrogens with one attached hydrogen (secondary N) is 2. The molecule has 0 unspecified atom stereocenters. The maximum atomic E-state index is 3.78. The first-order valence-corrected chi connectivity index (χ1v) is 8.74.